The second-order valence-electron chi connectivity index (χ2n) is 5.73. The van der Waals surface area contributed by atoms with Crippen molar-refractivity contribution in [2.45, 2.75) is 19.9 Å². The van der Waals surface area contributed by atoms with Crippen molar-refractivity contribution < 1.29 is 14.2 Å². The molecule has 0 spiro atoms. The van der Waals surface area contributed by atoms with Crippen molar-refractivity contribution in [1.82, 2.24) is 5.32 Å². The number of aliphatic hydroxyl groups is 1. The van der Waals surface area contributed by atoms with Crippen molar-refractivity contribution in [1.29, 1.82) is 0 Å². The highest BCUT2D eigenvalue weighted by atomic mass is 19.1. The minimum Gasteiger partial charge on any atom is -0.396 e. The van der Waals surface area contributed by atoms with Crippen molar-refractivity contribution in [2.75, 3.05) is 44.4 Å². The molecule has 21 heavy (non-hydrogen) atoms. The Kier molecular flexibility index (Phi) is 5.96. The number of ether oxygens (including phenoxy) is 1. The lowest BCUT2D eigenvalue weighted by Crippen LogP contribution is -2.36. The van der Waals surface area contributed by atoms with Gasteiger partial charge in [-0.05, 0) is 30.5 Å². The summed E-state index contributed by atoms with van der Waals surface area (Å²) in [6.45, 7) is 7.62. The molecule has 0 amide bonds. The fourth-order valence-electron chi connectivity index (χ4n) is 2.41. The third kappa shape index (κ3) is 4.40. The molecule has 1 aromatic rings. The quantitative estimate of drug-likeness (QED) is 0.842. The second-order valence-corrected chi connectivity index (χ2v) is 5.73. The van der Waals surface area contributed by atoms with E-state index in [0.717, 1.165) is 18.7 Å². The lowest BCUT2D eigenvalue weighted by molar-refractivity contribution is 0.122. The summed E-state index contributed by atoms with van der Waals surface area (Å²) >= 11 is 0. The molecule has 1 aromatic carbocycles. The Morgan fingerprint density at radius 1 is 1.33 bits per heavy atom. The first-order chi connectivity index (χ1) is 10.1. The van der Waals surface area contributed by atoms with Crippen molar-refractivity contribution >= 4 is 5.69 Å². The number of hydrogen-bond donors (Lipinski definition) is 2. The smallest absolute Gasteiger partial charge is 0.146 e. The number of hydrogen-bond acceptors (Lipinski definition) is 4. The summed E-state index contributed by atoms with van der Waals surface area (Å²) in [5, 5.41) is 12.3. The van der Waals surface area contributed by atoms with Crippen LogP contribution in [0.25, 0.3) is 0 Å². The largest absolute Gasteiger partial charge is 0.396 e. The van der Waals surface area contributed by atoms with E-state index in [4.69, 9.17) is 9.84 Å². The number of anilines is 1. The first-order valence-electron chi connectivity index (χ1n) is 7.58. The van der Waals surface area contributed by atoms with Crippen LogP contribution in [0.15, 0.2) is 18.2 Å². The van der Waals surface area contributed by atoms with Crippen molar-refractivity contribution in [3.8, 4) is 0 Å². The zero-order valence-electron chi connectivity index (χ0n) is 12.8. The number of rotatable bonds is 6. The van der Waals surface area contributed by atoms with E-state index in [-0.39, 0.29) is 24.4 Å². The molecule has 4 nitrogen and oxygen atoms in total. The molecule has 118 valence electrons. The van der Waals surface area contributed by atoms with Gasteiger partial charge in [0, 0.05) is 32.3 Å². The second kappa shape index (κ2) is 7.73. The fraction of sp³-hybridized carbons (Fsp3) is 0.625. The Morgan fingerprint density at radius 3 is 2.67 bits per heavy atom. The summed E-state index contributed by atoms with van der Waals surface area (Å²) in [6.07, 6.45) is 0. The molecule has 1 aliphatic rings. The maximum atomic E-state index is 14.3. The predicted octanol–water partition coefficient (Wildman–Crippen LogP) is 1.94. The molecule has 1 saturated heterocycles. The normalized spacial score (nSPS) is 18.6. The van der Waals surface area contributed by atoms with Gasteiger partial charge in [0.15, 0.2) is 0 Å². The van der Waals surface area contributed by atoms with E-state index < -0.39 is 0 Å². The van der Waals surface area contributed by atoms with Crippen LogP contribution in [-0.2, 0) is 4.74 Å². The number of morpholine rings is 1. The molecule has 1 fully saturated rings. The van der Waals surface area contributed by atoms with E-state index in [2.05, 4.69) is 5.32 Å². The van der Waals surface area contributed by atoms with Crippen LogP contribution in [-0.4, -0.2) is 44.6 Å². The Bertz CT molecular complexity index is 450. The van der Waals surface area contributed by atoms with Gasteiger partial charge in [-0.1, -0.05) is 13.0 Å². The molecule has 0 radical (unpaired) electrons. The molecule has 1 heterocycles. The highest BCUT2D eigenvalue weighted by Crippen LogP contribution is 2.24. The van der Waals surface area contributed by atoms with E-state index in [1.54, 1.807) is 6.07 Å². The van der Waals surface area contributed by atoms with Crippen LogP contribution >= 0.6 is 0 Å². The standard InChI is InChI=1S/C16H25FN2O2/c1-12(11-20)10-18-13(2)14-3-4-16(15(17)9-14)19-5-7-21-8-6-19/h3-4,9,12-13,18,20H,5-8,10-11H2,1-2H3. The van der Waals surface area contributed by atoms with E-state index in [1.165, 1.54) is 0 Å². The number of halogens is 1. The molecule has 2 rings (SSSR count). The minimum atomic E-state index is -0.182. The van der Waals surface area contributed by atoms with Crippen LogP contribution in [0, 0.1) is 11.7 Å². The summed E-state index contributed by atoms with van der Waals surface area (Å²) in [6, 6.07) is 5.48. The Morgan fingerprint density at radius 2 is 2.05 bits per heavy atom. The van der Waals surface area contributed by atoms with Crippen LogP contribution in [0.5, 0.6) is 0 Å². The summed E-state index contributed by atoms with van der Waals surface area (Å²) in [5.74, 6) is 0.0168. The van der Waals surface area contributed by atoms with E-state index >= 15 is 0 Å². The van der Waals surface area contributed by atoms with Gasteiger partial charge in [0.2, 0.25) is 0 Å². The Balaban J connectivity index is 2.00. The van der Waals surface area contributed by atoms with Crippen molar-refractivity contribution in [3.63, 3.8) is 0 Å². The van der Waals surface area contributed by atoms with Crippen LogP contribution in [0.1, 0.15) is 25.5 Å². The SMILES string of the molecule is CC(CO)CNC(C)c1ccc(N2CCOCC2)c(F)c1. The maximum absolute atomic E-state index is 14.3. The van der Waals surface area contributed by atoms with Crippen LogP contribution in [0.2, 0.25) is 0 Å². The van der Waals surface area contributed by atoms with Gasteiger partial charge in [-0.2, -0.15) is 0 Å². The van der Waals surface area contributed by atoms with Crippen molar-refractivity contribution in [3.05, 3.63) is 29.6 Å². The highest BCUT2D eigenvalue weighted by molar-refractivity contribution is 5.49. The number of nitrogens with one attached hydrogen (secondary N) is 1. The van der Waals surface area contributed by atoms with Gasteiger partial charge >= 0.3 is 0 Å². The molecule has 5 heteroatoms. The Labute approximate surface area is 125 Å². The molecule has 0 bridgehead atoms. The number of benzene rings is 1. The van der Waals surface area contributed by atoms with Crippen LogP contribution < -0.4 is 10.2 Å². The van der Waals surface area contributed by atoms with E-state index in [1.807, 2.05) is 30.9 Å². The van der Waals surface area contributed by atoms with E-state index in [9.17, 15) is 4.39 Å². The van der Waals surface area contributed by atoms with Gasteiger partial charge in [0.05, 0.1) is 18.9 Å². The summed E-state index contributed by atoms with van der Waals surface area (Å²) in [7, 11) is 0. The molecule has 0 aromatic heterocycles. The van der Waals surface area contributed by atoms with Crippen molar-refractivity contribution in [2.24, 2.45) is 5.92 Å². The fourth-order valence-corrected chi connectivity index (χ4v) is 2.41. The van der Waals surface area contributed by atoms with Gasteiger partial charge < -0.3 is 20.1 Å². The van der Waals surface area contributed by atoms with Gasteiger partial charge in [-0.15, -0.1) is 0 Å². The number of nitrogens with zero attached hydrogens (tertiary/aromatic N) is 1. The monoisotopic (exact) mass is 296 g/mol. The van der Waals surface area contributed by atoms with Crippen LogP contribution in [0.4, 0.5) is 10.1 Å². The summed E-state index contributed by atoms with van der Waals surface area (Å²) < 4.78 is 19.6. The summed E-state index contributed by atoms with van der Waals surface area (Å²) in [4.78, 5) is 2.02. The topological polar surface area (TPSA) is 44.7 Å². The third-order valence-electron chi connectivity index (χ3n) is 3.91. The predicted molar refractivity (Wildman–Crippen MR) is 82.1 cm³/mol. The first kappa shape index (κ1) is 16.2. The molecular weight excluding hydrogens is 271 g/mol. The molecule has 2 atom stereocenters. The van der Waals surface area contributed by atoms with Gasteiger partial charge in [-0.25, -0.2) is 4.39 Å². The molecular formula is C16H25FN2O2. The lowest BCUT2D eigenvalue weighted by atomic mass is 10.1. The summed E-state index contributed by atoms with van der Waals surface area (Å²) in [5.41, 5.74) is 1.58. The average molecular weight is 296 g/mol. The molecule has 0 aliphatic carbocycles. The zero-order valence-corrected chi connectivity index (χ0v) is 12.8. The number of aliphatic hydroxyl groups excluding tert-OH is 1. The molecule has 0 saturated carbocycles. The highest BCUT2D eigenvalue weighted by Gasteiger charge is 2.16. The zero-order chi connectivity index (χ0) is 15.2. The van der Waals surface area contributed by atoms with Gasteiger partial charge in [-0.3, -0.25) is 0 Å². The lowest BCUT2D eigenvalue weighted by Gasteiger charge is -2.29. The minimum absolute atomic E-state index is 0.0623. The van der Waals surface area contributed by atoms with E-state index in [0.29, 0.717) is 25.4 Å². The third-order valence-corrected chi connectivity index (χ3v) is 3.91. The Hall–Kier alpha value is -1.17. The van der Waals surface area contributed by atoms with Crippen LogP contribution in [0.3, 0.4) is 0 Å². The van der Waals surface area contributed by atoms with Gasteiger partial charge in [0.25, 0.3) is 0 Å². The molecule has 2 N–H and O–H groups in total. The molecule has 1 aliphatic heterocycles. The maximum Gasteiger partial charge on any atom is 0.146 e. The molecule has 2 unspecified atom stereocenters. The first-order valence-corrected chi connectivity index (χ1v) is 7.58. The average Bonchev–Trinajstić information content (AvgIpc) is 2.52. The van der Waals surface area contributed by atoms with Gasteiger partial charge in [0.1, 0.15) is 5.82 Å².